The number of nitrogens with zero attached hydrogens (tertiary/aromatic N) is 3. The van der Waals surface area contributed by atoms with Gasteiger partial charge in [0.15, 0.2) is 5.15 Å². The molecule has 1 spiro atoms. The molecule has 0 unspecified atom stereocenters. The molecule has 5 nitrogen and oxygen atoms in total. The number of hydrogen-bond acceptors (Lipinski definition) is 4. The van der Waals surface area contributed by atoms with E-state index in [1.807, 2.05) is 13.4 Å². The third-order valence-electron chi connectivity index (χ3n) is 5.84. The van der Waals surface area contributed by atoms with E-state index in [-0.39, 0.29) is 5.60 Å². The van der Waals surface area contributed by atoms with Crippen molar-refractivity contribution in [2.24, 2.45) is 5.41 Å². The predicted octanol–water partition coefficient (Wildman–Crippen LogP) is 3.49. The summed E-state index contributed by atoms with van der Waals surface area (Å²) in [6.45, 7) is 8.35. The topological polar surface area (TPSA) is 42.3 Å². The molecule has 0 bridgehead atoms. The number of halogens is 1. The normalized spacial score (nSPS) is 29.0. The van der Waals surface area contributed by atoms with Gasteiger partial charge in [-0.25, -0.2) is 4.98 Å². The lowest BCUT2D eigenvalue weighted by Gasteiger charge is -2.38. The van der Waals surface area contributed by atoms with Crippen LogP contribution in [0, 0.1) is 5.41 Å². The average molecular weight is 369 g/mol. The van der Waals surface area contributed by atoms with Crippen LogP contribution in [0.3, 0.4) is 0 Å². The monoisotopic (exact) mass is 368 g/mol. The fraction of sp³-hybridized carbons (Fsp3) is 0.842. The Balaban J connectivity index is 1.64. The van der Waals surface area contributed by atoms with Crippen molar-refractivity contribution in [1.82, 2.24) is 19.8 Å². The van der Waals surface area contributed by atoms with E-state index in [0.717, 1.165) is 57.6 Å². The molecule has 1 saturated heterocycles. The highest BCUT2D eigenvalue weighted by atomic mass is 35.5. The maximum absolute atomic E-state index is 6.40. The van der Waals surface area contributed by atoms with Crippen molar-refractivity contribution in [2.75, 3.05) is 33.8 Å². The van der Waals surface area contributed by atoms with Crippen molar-refractivity contribution in [2.45, 2.75) is 64.1 Å². The van der Waals surface area contributed by atoms with Gasteiger partial charge < -0.3 is 14.6 Å². The smallest absolute Gasteiger partial charge is 0.151 e. The lowest BCUT2D eigenvalue weighted by Crippen LogP contribution is -2.35. The van der Waals surface area contributed by atoms with Crippen molar-refractivity contribution in [3.05, 3.63) is 17.2 Å². The van der Waals surface area contributed by atoms with Crippen LogP contribution in [0.2, 0.25) is 5.15 Å². The fourth-order valence-electron chi connectivity index (χ4n) is 4.51. The lowest BCUT2D eigenvalue weighted by molar-refractivity contribution is -0.0344. The Morgan fingerprint density at radius 1 is 1.40 bits per heavy atom. The molecule has 1 aliphatic carbocycles. The van der Waals surface area contributed by atoms with Gasteiger partial charge in [0.1, 0.15) is 0 Å². The van der Waals surface area contributed by atoms with Crippen LogP contribution < -0.4 is 5.32 Å². The van der Waals surface area contributed by atoms with Gasteiger partial charge in [-0.3, -0.25) is 4.90 Å². The lowest BCUT2D eigenvalue weighted by atomic mass is 9.75. The van der Waals surface area contributed by atoms with Crippen molar-refractivity contribution in [1.29, 1.82) is 0 Å². The number of aromatic nitrogens is 2. The molecule has 1 saturated carbocycles. The maximum Gasteiger partial charge on any atom is 0.151 e. The molecule has 0 amide bonds. The van der Waals surface area contributed by atoms with E-state index < -0.39 is 0 Å². The molecule has 6 heteroatoms. The van der Waals surface area contributed by atoms with Crippen LogP contribution in [-0.4, -0.2) is 53.8 Å². The third kappa shape index (κ3) is 4.38. The molecule has 0 atom stereocenters. The second-order valence-corrected chi connectivity index (χ2v) is 9.13. The number of likely N-dealkylation sites (N-methyl/N-ethyl adjacent to an activating group) is 2. The summed E-state index contributed by atoms with van der Waals surface area (Å²) in [7, 11) is 4.12. The van der Waals surface area contributed by atoms with E-state index >= 15 is 0 Å². The Bertz CT molecular complexity index is 578. The first-order chi connectivity index (χ1) is 11.8. The minimum absolute atomic E-state index is 0.119. The van der Waals surface area contributed by atoms with Gasteiger partial charge in [-0.1, -0.05) is 25.4 Å². The summed E-state index contributed by atoms with van der Waals surface area (Å²) < 4.78 is 8.58. The van der Waals surface area contributed by atoms with E-state index in [1.54, 1.807) is 0 Å². The van der Waals surface area contributed by atoms with Gasteiger partial charge in [-0.05, 0) is 51.6 Å². The van der Waals surface area contributed by atoms with E-state index in [4.69, 9.17) is 16.3 Å². The maximum atomic E-state index is 6.40. The molecule has 0 aromatic carbocycles. The highest BCUT2D eigenvalue weighted by Crippen LogP contribution is 2.49. The number of nitrogens with one attached hydrogen (secondary N) is 1. The van der Waals surface area contributed by atoms with Crippen molar-refractivity contribution in [3.63, 3.8) is 0 Å². The van der Waals surface area contributed by atoms with Gasteiger partial charge in [-0.2, -0.15) is 0 Å². The molecule has 1 aromatic rings. The largest absolute Gasteiger partial charge is 0.374 e. The number of rotatable bonds is 6. The van der Waals surface area contributed by atoms with Crippen LogP contribution in [0.4, 0.5) is 0 Å². The molecule has 2 fully saturated rings. The minimum atomic E-state index is 0.119. The minimum Gasteiger partial charge on any atom is -0.374 e. The van der Waals surface area contributed by atoms with Crippen molar-refractivity contribution in [3.8, 4) is 0 Å². The van der Waals surface area contributed by atoms with Gasteiger partial charge in [0.25, 0.3) is 0 Å². The Labute approximate surface area is 157 Å². The Kier molecular flexibility index (Phi) is 5.78. The Morgan fingerprint density at radius 2 is 2.12 bits per heavy atom. The van der Waals surface area contributed by atoms with Crippen LogP contribution in [0.25, 0.3) is 0 Å². The summed E-state index contributed by atoms with van der Waals surface area (Å²) in [5.41, 5.74) is 1.59. The predicted molar refractivity (Wildman–Crippen MR) is 102 cm³/mol. The van der Waals surface area contributed by atoms with Crippen LogP contribution in [-0.2, 0) is 11.3 Å². The highest BCUT2D eigenvalue weighted by molar-refractivity contribution is 6.30. The first-order valence-electron chi connectivity index (χ1n) is 9.52. The zero-order chi connectivity index (χ0) is 18.1. The molecule has 1 aromatic heterocycles. The van der Waals surface area contributed by atoms with Crippen LogP contribution in [0.5, 0.6) is 0 Å². The van der Waals surface area contributed by atoms with E-state index in [0.29, 0.717) is 16.6 Å². The average Bonchev–Trinajstić information content (AvgIpc) is 3.07. The van der Waals surface area contributed by atoms with Gasteiger partial charge in [-0.15, -0.1) is 0 Å². The molecular formula is C19H33ClN4O. The second kappa shape index (κ2) is 7.55. The molecule has 0 radical (unpaired) electrons. The SMILES string of the molecule is CNCCN(C)Cc1c(Cl)ncn1[C@H]1CC[C@]2(CC1)CC(C)(C)CO2. The summed E-state index contributed by atoms with van der Waals surface area (Å²) >= 11 is 6.40. The van der Waals surface area contributed by atoms with E-state index in [9.17, 15) is 0 Å². The van der Waals surface area contributed by atoms with E-state index in [1.165, 1.54) is 6.42 Å². The molecular weight excluding hydrogens is 336 g/mol. The summed E-state index contributed by atoms with van der Waals surface area (Å²) in [4.78, 5) is 6.69. The summed E-state index contributed by atoms with van der Waals surface area (Å²) in [6, 6.07) is 0.491. The molecule has 2 aliphatic rings. The summed E-state index contributed by atoms with van der Waals surface area (Å²) in [6.07, 6.45) is 7.71. The Hall–Kier alpha value is -0.620. The van der Waals surface area contributed by atoms with E-state index in [2.05, 4.69) is 40.7 Å². The number of hydrogen-bond donors (Lipinski definition) is 1. The standard InChI is InChI=1S/C19H33ClN4O/c1-18(2)12-19(25-13-18)7-5-15(6-8-19)24-14-22-17(20)16(24)11-23(4)10-9-21-3/h14-15,21H,5-13H2,1-4H3/t15-,19-. The molecule has 2 heterocycles. The van der Waals surface area contributed by atoms with Crippen LogP contribution >= 0.6 is 11.6 Å². The summed E-state index contributed by atoms with van der Waals surface area (Å²) in [5.74, 6) is 0. The van der Waals surface area contributed by atoms with Gasteiger partial charge >= 0.3 is 0 Å². The molecule has 142 valence electrons. The van der Waals surface area contributed by atoms with Crippen molar-refractivity contribution >= 4 is 11.6 Å². The first-order valence-corrected chi connectivity index (χ1v) is 9.90. The number of imidazole rings is 1. The van der Waals surface area contributed by atoms with Gasteiger partial charge in [0, 0.05) is 25.7 Å². The second-order valence-electron chi connectivity index (χ2n) is 8.77. The summed E-state index contributed by atoms with van der Waals surface area (Å²) in [5, 5.41) is 3.84. The Morgan fingerprint density at radius 3 is 2.72 bits per heavy atom. The fourth-order valence-corrected chi connectivity index (χ4v) is 4.71. The zero-order valence-corrected chi connectivity index (χ0v) is 16.9. The third-order valence-corrected chi connectivity index (χ3v) is 6.15. The number of ether oxygens (including phenoxy) is 1. The molecule has 1 N–H and O–H groups in total. The van der Waals surface area contributed by atoms with Gasteiger partial charge in [0.05, 0.1) is 24.2 Å². The quantitative estimate of drug-likeness (QED) is 0.834. The first kappa shape index (κ1) is 19.2. The van der Waals surface area contributed by atoms with Crippen LogP contribution in [0.15, 0.2) is 6.33 Å². The van der Waals surface area contributed by atoms with Crippen molar-refractivity contribution < 1.29 is 4.74 Å². The zero-order valence-electron chi connectivity index (χ0n) is 16.1. The molecule has 3 rings (SSSR count). The van der Waals surface area contributed by atoms with Crippen LogP contribution in [0.1, 0.15) is 57.7 Å². The molecule has 25 heavy (non-hydrogen) atoms. The molecule has 1 aliphatic heterocycles. The highest BCUT2D eigenvalue weighted by Gasteiger charge is 2.46. The van der Waals surface area contributed by atoms with Gasteiger partial charge in [0.2, 0.25) is 0 Å².